The summed E-state index contributed by atoms with van der Waals surface area (Å²) in [7, 11) is 0. The molecule has 74 valence electrons. The molecule has 0 bridgehead atoms. The summed E-state index contributed by atoms with van der Waals surface area (Å²) in [5, 5.41) is 0.373. The SMILES string of the molecule is O=C(c1cccnc1)c1ccc(Cl)nc1. The summed E-state index contributed by atoms with van der Waals surface area (Å²) in [6.45, 7) is 0. The Morgan fingerprint density at radius 1 is 1.13 bits per heavy atom. The third-order valence-corrected chi connectivity index (χ3v) is 2.14. The normalized spacial score (nSPS) is 9.93. The van der Waals surface area contributed by atoms with Crippen molar-refractivity contribution in [2.45, 2.75) is 0 Å². The molecule has 0 aliphatic heterocycles. The maximum Gasteiger partial charge on any atom is 0.196 e. The molecule has 0 spiro atoms. The largest absolute Gasteiger partial charge is 0.288 e. The minimum Gasteiger partial charge on any atom is -0.288 e. The van der Waals surface area contributed by atoms with Gasteiger partial charge in [-0.15, -0.1) is 0 Å². The topological polar surface area (TPSA) is 42.9 Å². The van der Waals surface area contributed by atoms with E-state index in [4.69, 9.17) is 11.6 Å². The standard InChI is InChI=1S/C11H7ClN2O/c12-10-4-3-9(7-14-10)11(15)8-2-1-5-13-6-8/h1-7H. The van der Waals surface area contributed by atoms with Crippen LogP contribution in [0.25, 0.3) is 0 Å². The van der Waals surface area contributed by atoms with Crippen molar-refractivity contribution in [3.8, 4) is 0 Å². The number of aromatic nitrogens is 2. The fraction of sp³-hybridized carbons (Fsp3) is 0. The van der Waals surface area contributed by atoms with Gasteiger partial charge in [-0.25, -0.2) is 4.98 Å². The van der Waals surface area contributed by atoms with Crippen LogP contribution in [0.3, 0.4) is 0 Å². The second-order valence-corrected chi connectivity index (χ2v) is 3.33. The molecule has 0 fully saturated rings. The molecule has 0 aliphatic rings. The lowest BCUT2D eigenvalue weighted by Crippen LogP contribution is -2.01. The Balaban J connectivity index is 2.33. The highest BCUT2D eigenvalue weighted by Crippen LogP contribution is 2.10. The van der Waals surface area contributed by atoms with Gasteiger partial charge in [0.05, 0.1) is 0 Å². The van der Waals surface area contributed by atoms with Crippen LogP contribution in [0, 0.1) is 0 Å². The summed E-state index contributed by atoms with van der Waals surface area (Å²) >= 11 is 5.63. The number of pyridine rings is 2. The zero-order valence-corrected chi connectivity index (χ0v) is 8.48. The van der Waals surface area contributed by atoms with Gasteiger partial charge in [-0.05, 0) is 24.3 Å². The first-order valence-corrected chi connectivity index (χ1v) is 4.71. The van der Waals surface area contributed by atoms with E-state index in [1.54, 1.807) is 30.5 Å². The van der Waals surface area contributed by atoms with E-state index >= 15 is 0 Å². The van der Waals surface area contributed by atoms with Crippen LogP contribution >= 0.6 is 11.6 Å². The number of carbonyl (C=O) groups is 1. The Kier molecular flexibility index (Phi) is 2.74. The number of hydrogen-bond acceptors (Lipinski definition) is 3. The van der Waals surface area contributed by atoms with Gasteiger partial charge in [-0.2, -0.15) is 0 Å². The predicted molar refractivity (Wildman–Crippen MR) is 56.9 cm³/mol. The van der Waals surface area contributed by atoms with Gasteiger partial charge in [0, 0.05) is 29.7 Å². The first-order valence-electron chi connectivity index (χ1n) is 4.33. The molecule has 0 unspecified atom stereocenters. The maximum absolute atomic E-state index is 11.8. The van der Waals surface area contributed by atoms with E-state index in [0.717, 1.165) is 0 Å². The number of carbonyl (C=O) groups excluding carboxylic acids is 1. The van der Waals surface area contributed by atoms with Gasteiger partial charge in [0.15, 0.2) is 5.78 Å². The molecule has 0 amide bonds. The van der Waals surface area contributed by atoms with E-state index in [1.165, 1.54) is 12.4 Å². The molecule has 0 atom stereocenters. The van der Waals surface area contributed by atoms with Crippen molar-refractivity contribution in [1.82, 2.24) is 9.97 Å². The third kappa shape index (κ3) is 2.19. The number of nitrogens with zero attached hydrogens (tertiary/aromatic N) is 2. The van der Waals surface area contributed by atoms with Crippen LogP contribution in [0.2, 0.25) is 5.15 Å². The highest BCUT2D eigenvalue weighted by Gasteiger charge is 2.08. The van der Waals surface area contributed by atoms with Crippen molar-refractivity contribution in [3.63, 3.8) is 0 Å². The molecular weight excluding hydrogens is 212 g/mol. The Hall–Kier alpha value is -1.74. The van der Waals surface area contributed by atoms with Gasteiger partial charge in [0.1, 0.15) is 5.15 Å². The van der Waals surface area contributed by atoms with E-state index in [0.29, 0.717) is 16.3 Å². The fourth-order valence-electron chi connectivity index (χ4n) is 1.17. The van der Waals surface area contributed by atoms with Gasteiger partial charge >= 0.3 is 0 Å². The molecule has 4 heteroatoms. The van der Waals surface area contributed by atoms with Crippen LogP contribution in [0.1, 0.15) is 15.9 Å². The highest BCUT2D eigenvalue weighted by atomic mass is 35.5. The van der Waals surface area contributed by atoms with Gasteiger partial charge in [-0.3, -0.25) is 9.78 Å². The zero-order valence-electron chi connectivity index (χ0n) is 7.72. The number of hydrogen-bond donors (Lipinski definition) is 0. The smallest absolute Gasteiger partial charge is 0.196 e. The second-order valence-electron chi connectivity index (χ2n) is 2.94. The summed E-state index contributed by atoms with van der Waals surface area (Å²) in [4.78, 5) is 19.6. The predicted octanol–water partition coefficient (Wildman–Crippen LogP) is 2.36. The van der Waals surface area contributed by atoms with Gasteiger partial charge in [0.2, 0.25) is 0 Å². The molecule has 0 N–H and O–H groups in total. The quantitative estimate of drug-likeness (QED) is 0.574. The van der Waals surface area contributed by atoms with Gasteiger partial charge in [-0.1, -0.05) is 11.6 Å². The van der Waals surface area contributed by atoms with Crippen LogP contribution in [0.15, 0.2) is 42.9 Å². The average Bonchev–Trinajstić information content (AvgIpc) is 2.30. The molecule has 0 radical (unpaired) electrons. The first kappa shape index (κ1) is 9.80. The van der Waals surface area contributed by atoms with Crippen molar-refractivity contribution in [3.05, 3.63) is 59.1 Å². The number of rotatable bonds is 2. The van der Waals surface area contributed by atoms with Crippen LogP contribution in [0.5, 0.6) is 0 Å². The lowest BCUT2D eigenvalue weighted by molar-refractivity contribution is 0.103. The molecule has 0 saturated heterocycles. The summed E-state index contributed by atoms with van der Waals surface area (Å²) in [6, 6.07) is 6.66. The molecule has 2 aromatic rings. The second kappa shape index (κ2) is 4.19. The lowest BCUT2D eigenvalue weighted by atomic mass is 10.1. The highest BCUT2D eigenvalue weighted by molar-refractivity contribution is 6.29. The Morgan fingerprint density at radius 2 is 1.93 bits per heavy atom. The fourth-order valence-corrected chi connectivity index (χ4v) is 1.29. The minimum absolute atomic E-state index is 0.104. The zero-order chi connectivity index (χ0) is 10.7. The number of ketones is 1. The molecule has 15 heavy (non-hydrogen) atoms. The van der Waals surface area contributed by atoms with Crippen molar-refractivity contribution in [2.24, 2.45) is 0 Å². The van der Waals surface area contributed by atoms with Crippen LogP contribution in [0.4, 0.5) is 0 Å². The minimum atomic E-state index is -0.104. The molecule has 0 aliphatic carbocycles. The van der Waals surface area contributed by atoms with Crippen LogP contribution in [-0.4, -0.2) is 15.8 Å². The number of halogens is 1. The molecule has 2 heterocycles. The molecule has 0 aromatic carbocycles. The monoisotopic (exact) mass is 218 g/mol. The Bertz CT molecular complexity index is 468. The van der Waals surface area contributed by atoms with Crippen LogP contribution in [-0.2, 0) is 0 Å². The molecular formula is C11H7ClN2O. The third-order valence-electron chi connectivity index (χ3n) is 1.91. The van der Waals surface area contributed by atoms with E-state index in [9.17, 15) is 4.79 Å². The van der Waals surface area contributed by atoms with E-state index in [-0.39, 0.29) is 5.78 Å². The summed E-state index contributed by atoms with van der Waals surface area (Å²) < 4.78 is 0. The van der Waals surface area contributed by atoms with Crippen LogP contribution < -0.4 is 0 Å². The van der Waals surface area contributed by atoms with E-state index in [2.05, 4.69) is 9.97 Å². The Labute approximate surface area is 91.8 Å². The van der Waals surface area contributed by atoms with E-state index < -0.39 is 0 Å². The summed E-state index contributed by atoms with van der Waals surface area (Å²) in [5.41, 5.74) is 1.05. The van der Waals surface area contributed by atoms with Crippen molar-refractivity contribution >= 4 is 17.4 Å². The van der Waals surface area contributed by atoms with Crippen molar-refractivity contribution < 1.29 is 4.79 Å². The summed E-state index contributed by atoms with van der Waals surface area (Å²) in [5.74, 6) is -0.104. The maximum atomic E-state index is 11.8. The Morgan fingerprint density at radius 3 is 2.53 bits per heavy atom. The van der Waals surface area contributed by atoms with Crippen molar-refractivity contribution in [2.75, 3.05) is 0 Å². The lowest BCUT2D eigenvalue weighted by Gasteiger charge is -1.99. The van der Waals surface area contributed by atoms with E-state index in [1.807, 2.05) is 0 Å². The van der Waals surface area contributed by atoms with Crippen molar-refractivity contribution in [1.29, 1.82) is 0 Å². The summed E-state index contributed by atoms with van der Waals surface area (Å²) in [6.07, 6.45) is 4.60. The van der Waals surface area contributed by atoms with Gasteiger partial charge in [0.25, 0.3) is 0 Å². The molecule has 0 saturated carbocycles. The molecule has 3 nitrogen and oxygen atoms in total. The van der Waals surface area contributed by atoms with Gasteiger partial charge < -0.3 is 0 Å². The first-order chi connectivity index (χ1) is 7.27. The average molecular weight is 219 g/mol. The molecule has 2 rings (SSSR count). The molecule has 2 aromatic heterocycles.